The maximum absolute atomic E-state index is 11.1. The van der Waals surface area contributed by atoms with Crippen molar-refractivity contribution in [2.75, 3.05) is 26.2 Å². The van der Waals surface area contributed by atoms with Gasteiger partial charge in [0.1, 0.15) is 12.4 Å². The Balaban J connectivity index is 1.77. The van der Waals surface area contributed by atoms with Crippen molar-refractivity contribution in [2.24, 2.45) is 11.8 Å². The van der Waals surface area contributed by atoms with Crippen LogP contribution in [-0.2, 0) is 11.2 Å². The smallest absolute Gasteiger partial charge is 0.308 e. The molecule has 1 N–H and O–H groups in total. The Bertz CT molecular complexity index is 461. The van der Waals surface area contributed by atoms with Crippen LogP contribution in [0.15, 0.2) is 24.3 Å². The minimum absolute atomic E-state index is 0.218. The first-order valence-electron chi connectivity index (χ1n) is 7.27. The fraction of sp³-hybridized carbons (Fsp3) is 0.562. The van der Waals surface area contributed by atoms with E-state index in [0.717, 1.165) is 25.3 Å². The quantitative estimate of drug-likeness (QED) is 0.866. The molecule has 0 aliphatic carbocycles. The molecule has 0 saturated carbocycles. The molecule has 4 heteroatoms. The van der Waals surface area contributed by atoms with Gasteiger partial charge in [0.2, 0.25) is 0 Å². The van der Waals surface area contributed by atoms with Crippen LogP contribution < -0.4 is 4.74 Å². The third-order valence-corrected chi connectivity index (χ3v) is 3.99. The highest BCUT2D eigenvalue weighted by Gasteiger charge is 2.34. The molecule has 1 saturated heterocycles. The van der Waals surface area contributed by atoms with Gasteiger partial charge in [-0.3, -0.25) is 9.69 Å². The summed E-state index contributed by atoms with van der Waals surface area (Å²) in [6.07, 6.45) is 1.00. The number of carbonyl (C=O) groups is 1. The van der Waals surface area contributed by atoms with Crippen LogP contribution in [0, 0.1) is 11.8 Å². The molecule has 0 aromatic heterocycles. The van der Waals surface area contributed by atoms with Gasteiger partial charge in [-0.1, -0.05) is 26.0 Å². The van der Waals surface area contributed by atoms with Crippen LogP contribution in [0.25, 0.3) is 0 Å². The summed E-state index contributed by atoms with van der Waals surface area (Å²) in [5.41, 5.74) is 1.27. The Morgan fingerprint density at radius 2 is 2.25 bits per heavy atom. The van der Waals surface area contributed by atoms with Gasteiger partial charge in [-0.2, -0.15) is 0 Å². The van der Waals surface area contributed by atoms with Crippen LogP contribution in [0.1, 0.15) is 19.4 Å². The maximum Gasteiger partial charge on any atom is 0.308 e. The lowest BCUT2D eigenvalue weighted by Crippen LogP contribution is -2.27. The second-order valence-electron chi connectivity index (χ2n) is 5.53. The highest BCUT2D eigenvalue weighted by atomic mass is 16.5. The maximum atomic E-state index is 11.1. The number of nitrogens with zero attached hydrogens (tertiary/aromatic N) is 1. The zero-order valence-electron chi connectivity index (χ0n) is 12.2. The number of aryl methyl sites for hydroxylation is 1. The van der Waals surface area contributed by atoms with Crippen molar-refractivity contribution in [1.29, 1.82) is 0 Å². The van der Waals surface area contributed by atoms with Crippen LogP contribution in [-0.4, -0.2) is 42.2 Å². The lowest BCUT2D eigenvalue weighted by molar-refractivity contribution is -0.142. The molecule has 1 fully saturated rings. The van der Waals surface area contributed by atoms with Gasteiger partial charge in [-0.25, -0.2) is 0 Å². The van der Waals surface area contributed by atoms with E-state index >= 15 is 0 Å². The third-order valence-electron chi connectivity index (χ3n) is 3.99. The van der Waals surface area contributed by atoms with E-state index in [-0.39, 0.29) is 11.8 Å². The molecule has 0 amide bonds. The highest BCUT2D eigenvalue weighted by Crippen LogP contribution is 2.22. The molecule has 1 heterocycles. The normalized spacial score (nSPS) is 22.9. The Morgan fingerprint density at radius 1 is 1.45 bits per heavy atom. The van der Waals surface area contributed by atoms with Crippen LogP contribution in [0.2, 0.25) is 0 Å². The van der Waals surface area contributed by atoms with Crippen molar-refractivity contribution in [1.82, 2.24) is 4.90 Å². The third kappa shape index (κ3) is 3.73. The Labute approximate surface area is 120 Å². The van der Waals surface area contributed by atoms with E-state index in [1.54, 1.807) is 0 Å². The van der Waals surface area contributed by atoms with Gasteiger partial charge in [-0.05, 0) is 30.0 Å². The molecule has 0 bridgehead atoms. The molecule has 20 heavy (non-hydrogen) atoms. The van der Waals surface area contributed by atoms with Gasteiger partial charge in [0, 0.05) is 19.6 Å². The monoisotopic (exact) mass is 277 g/mol. The largest absolute Gasteiger partial charge is 0.492 e. The summed E-state index contributed by atoms with van der Waals surface area (Å²) in [6, 6.07) is 8.12. The fourth-order valence-corrected chi connectivity index (χ4v) is 2.72. The van der Waals surface area contributed by atoms with Gasteiger partial charge in [0.05, 0.1) is 5.92 Å². The standard InChI is InChI=1S/C16H23NO3/c1-3-13-5-4-6-14(9-13)20-8-7-17-10-12(2)15(11-17)16(18)19/h4-6,9,12,15H,3,7-8,10-11H2,1-2H3,(H,18,19)/t12-,15-/m1/s1. The van der Waals surface area contributed by atoms with Crippen molar-refractivity contribution in [3.05, 3.63) is 29.8 Å². The van der Waals surface area contributed by atoms with E-state index in [0.29, 0.717) is 13.2 Å². The number of hydrogen-bond donors (Lipinski definition) is 1. The minimum Gasteiger partial charge on any atom is -0.492 e. The Morgan fingerprint density at radius 3 is 2.90 bits per heavy atom. The molecule has 1 aromatic carbocycles. The average Bonchev–Trinajstić information content (AvgIpc) is 2.80. The molecule has 4 nitrogen and oxygen atoms in total. The predicted molar refractivity (Wildman–Crippen MR) is 78.0 cm³/mol. The summed E-state index contributed by atoms with van der Waals surface area (Å²) < 4.78 is 5.75. The molecule has 0 unspecified atom stereocenters. The van der Waals surface area contributed by atoms with Crippen molar-refractivity contribution in [3.63, 3.8) is 0 Å². The molecular formula is C16H23NO3. The van der Waals surface area contributed by atoms with E-state index in [1.165, 1.54) is 5.56 Å². The fourth-order valence-electron chi connectivity index (χ4n) is 2.72. The van der Waals surface area contributed by atoms with E-state index < -0.39 is 5.97 Å². The lowest BCUT2D eigenvalue weighted by atomic mass is 9.99. The molecular weight excluding hydrogens is 254 g/mol. The number of carboxylic acid groups (broad SMARTS) is 1. The molecule has 1 aliphatic heterocycles. The number of likely N-dealkylation sites (tertiary alicyclic amines) is 1. The van der Waals surface area contributed by atoms with Crippen molar-refractivity contribution in [3.8, 4) is 5.75 Å². The van der Waals surface area contributed by atoms with E-state index in [1.807, 2.05) is 19.1 Å². The minimum atomic E-state index is -0.684. The molecule has 1 aliphatic rings. The molecule has 110 valence electrons. The summed E-state index contributed by atoms with van der Waals surface area (Å²) in [5, 5.41) is 9.10. The van der Waals surface area contributed by atoms with E-state index in [2.05, 4.69) is 24.0 Å². The zero-order chi connectivity index (χ0) is 14.5. The zero-order valence-corrected chi connectivity index (χ0v) is 12.2. The lowest BCUT2D eigenvalue weighted by Gasteiger charge is -2.15. The van der Waals surface area contributed by atoms with Gasteiger partial charge in [-0.15, -0.1) is 0 Å². The van der Waals surface area contributed by atoms with E-state index in [4.69, 9.17) is 9.84 Å². The molecule has 2 rings (SSSR count). The topological polar surface area (TPSA) is 49.8 Å². The van der Waals surface area contributed by atoms with Gasteiger partial charge in [0.15, 0.2) is 0 Å². The van der Waals surface area contributed by atoms with Gasteiger partial charge < -0.3 is 9.84 Å². The Kier molecular flexibility index (Phi) is 5.01. The van der Waals surface area contributed by atoms with E-state index in [9.17, 15) is 4.79 Å². The van der Waals surface area contributed by atoms with Crippen molar-refractivity contribution in [2.45, 2.75) is 20.3 Å². The number of hydrogen-bond acceptors (Lipinski definition) is 3. The Hall–Kier alpha value is -1.55. The average molecular weight is 277 g/mol. The van der Waals surface area contributed by atoms with Crippen LogP contribution in [0.5, 0.6) is 5.75 Å². The first kappa shape index (κ1) is 14.9. The number of rotatable bonds is 6. The molecule has 1 aromatic rings. The summed E-state index contributed by atoms with van der Waals surface area (Å²) in [4.78, 5) is 13.2. The molecule has 0 radical (unpaired) electrons. The summed E-state index contributed by atoms with van der Waals surface area (Å²) in [5.74, 6) is 0.192. The van der Waals surface area contributed by atoms with Gasteiger partial charge >= 0.3 is 5.97 Å². The summed E-state index contributed by atoms with van der Waals surface area (Å²) in [7, 11) is 0. The van der Waals surface area contributed by atoms with Crippen LogP contribution >= 0.6 is 0 Å². The predicted octanol–water partition coefficient (Wildman–Crippen LogP) is 2.28. The summed E-state index contributed by atoms with van der Waals surface area (Å²) in [6.45, 7) is 6.99. The highest BCUT2D eigenvalue weighted by molar-refractivity contribution is 5.71. The number of benzene rings is 1. The van der Waals surface area contributed by atoms with Crippen molar-refractivity contribution >= 4 is 5.97 Å². The van der Waals surface area contributed by atoms with Crippen LogP contribution in [0.4, 0.5) is 0 Å². The molecule has 2 atom stereocenters. The van der Waals surface area contributed by atoms with Gasteiger partial charge in [0.25, 0.3) is 0 Å². The first-order valence-corrected chi connectivity index (χ1v) is 7.27. The second kappa shape index (κ2) is 6.75. The number of aliphatic carboxylic acids is 1. The number of ether oxygens (including phenoxy) is 1. The first-order chi connectivity index (χ1) is 9.60. The SMILES string of the molecule is CCc1cccc(OCCN2C[C@@H](C)[C@H](C(=O)O)C2)c1. The second-order valence-corrected chi connectivity index (χ2v) is 5.53. The summed E-state index contributed by atoms with van der Waals surface area (Å²) >= 11 is 0. The van der Waals surface area contributed by atoms with Crippen LogP contribution in [0.3, 0.4) is 0 Å². The number of carboxylic acids is 1. The molecule has 0 spiro atoms. The van der Waals surface area contributed by atoms with Crippen molar-refractivity contribution < 1.29 is 14.6 Å².